The molecule has 5 heteroatoms. The number of esters is 1. The van der Waals surface area contributed by atoms with E-state index in [4.69, 9.17) is 0 Å². The summed E-state index contributed by atoms with van der Waals surface area (Å²) in [6, 6.07) is 7.06. The number of hydrogen-bond donors (Lipinski definition) is 0. The van der Waals surface area contributed by atoms with Crippen LogP contribution in [0.25, 0.3) is 12.2 Å². The molecule has 2 aromatic rings. The largest absolute Gasteiger partial charge is 0.466 e. The van der Waals surface area contributed by atoms with E-state index in [1.165, 1.54) is 19.3 Å². The molecular formula is C17H16N2O3. The maximum atomic E-state index is 12.0. The van der Waals surface area contributed by atoms with Crippen LogP contribution in [-0.4, -0.2) is 28.4 Å². The summed E-state index contributed by atoms with van der Waals surface area (Å²) in [7, 11) is 3.18. The molecule has 112 valence electrons. The van der Waals surface area contributed by atoms with Gasteiger partial charge in [-0.25, -0.2) is 4.79 Å². The Morgan fingerprint density at radius 3 is 2.23 bits per heavy atom. The number of ketones is 1. The Kier molecular flexibility index (Phi) is 5.03. The Morgan fingerprint density at radius 1 is 1.05 bits per heavy atom. The van der Waals surface area contributed by atoms with Gasteiger partial charge in [-0.3, -0.25) is 9.78 Å². The van der Waals surface area contributed by atoms with Crippen LogP contribution in [0.3, 0.4) is 0 Å². The molecule has 0 bridgehead atoms. The highest BCUT2D eigenvalue weighted by atomic mass is 16.5. The molecule has 2 heterocycles. The first-order valence-electron chi connectivity index (χ1n) is 6.66. The van der Waals surface area contributed by atoms with Crippen LogP contribution in [0.5, 0.6) is 0 Å². The molecule has 0 radical (unpaired) electrons. The zero-order chi connectivity index (χ0) is 15.9. The number of allylic oxidation sites excluding steroid dienone is 1. The van der Waals surface area contributed by atoms with Gasteiger partial charge in [0.05, 0.1) is 7.11 Å². The van der Waals surface area contributed by atoms with Gasteiger partial charge >= 0.3 is 5.97 Å². The second kappa shape index (κ2) is 7.17. The monoisotopic (exact) mass is 296 g/mol. The fourth-order valence-electron chi connectivity index (χ4n) is 1.87. The third-order valence-corrected chi connectivity index (χ3v) is 3.16. The molecule has 0 N–H and O–H groups in total. The van der Waals surface area contributed by atoms with E-state index in [-0.39, 0.29) is 5.78 Å². The molecule has 22 heavy (non-hydrogen) atoms. The van der Waals surface area contributed by atoms with E-state index in [2.05, 4.69) is 9.72 Å². The molecule has 5 nitrogen and oxygen atoms in total. The van der Waals surface area contributed by atoms with E-state index < -0.39 is 5.97 Å². The van der Waals surface area contributed by atoms with Crippen LogP contribution in [0, 0.1) is 0 Å². The minimum absolute atomic E-state index is 0.0877. The lowest BCUT2D eigenvalue weighted by molar-refractivity contribution is -0.134. The fourth-order valence-corrected chi connectivity index (χ4v) is 1.87. The molecule has 0 saturated carbocycles. The zero-order valence-corrected chi connectivity index (χ0v) is 12.4. The summed E-state index contributed by atoms with van der Waals surface area (Å²) in [6.07, 6.45) is 9.42. The molecule has 0 aromatic carbocycles. The Morgan fingerprint density at radius 2 is 1.64 bits per heavy atom. The molecule has 0 fully saturated rings. The molecule has 0 unspecified atom stereocenters. The van der Waals surface area contributed by atoms with Crippen LogP contribution < -0.4 is 0 Å². The van der Waals surface area contributed by atoms with Crippen LogP contribution in [0.15, 0.2) is 48.8 Å². The van der Waals surface area contributed by atoms with Crippen molar-refractivity contribution in [1.29, 1.82) is 0 Å². The van der Waals surface area contributed by atoms with Crippen molar-refractivity contribution in [2.45, 2.75) is 0 Å². The number of ether oxygens (including phenoxy) is 1. The van der Waals surface area contributed by atoms with E-state index >= 15 is 0 Å². The van der Waals surface area contributed by atoms with Gasteiger partial charge in [-0.2, -0.15) is 0 Å². The molecule has 0 atom stereocenters. The number of carbonyl (C=O) groups is 2. The quantitative estimate of drug-likeness (QED) is 0.483. The Balaban J connectivity index is 2.13. The van der Waals surface area contributed by atoms with Gasteiger partial charge in [0.1, 0.15) is 0 Å². The number of aromatic nitrogens is 2. The number of methoxy groups -OCH3 is 1. The van der Waals surface area contributed by atoms with Gasteiger partial charge < -0.3 is 9.30 Å². The highest BCUT2D eigenvalue weighted by Crippen LogP contribution is 2.11. The third kappa shape index (κ3) is 3.79. The molecule has 2 rings (SSSR count). The second-order valence-corrected chi connectivity index (χ2v) is 4.53. The molecule has 0 aliphatic carbocycles. The van der Waals surface area contributed by atoms with Crippen LogP contribution in [0.1, 0.15) is 21.7 Å². The Hall–Kier alpha value is -2.95. The Labute approximate surface area is 128 Å². The first-order valence-corrected chi connectivity index (χ1v) is 6.66. The highest BCUT2D eigenvalue weighted by Gasteiger charge is 2.03. The van der Waals surface area contributed by atoms with Gasteiger partial charge in [0.2, 0.25) is 0 Å². The normalized spacial score (nSPS) is 11.2. The fraction of sp³-hybridized carbons (Fsp3) is 0.118. The number of nitrogens with zero attached hydrogens (tertiary/aromatic N) is 2. The van der Waals surface area contributed by atoms with Crippen molar-refractivity contribution < 1.29 is 14.3 Å². The van der Waals surface area contributed by atoms with Crippen LogP contribution in [-0.2, 0) is 16.6 Å². The van der Waals surface area contributed by atoms with Gasteiger partial charge in [-0.05, 0) is 42.5 Å². The van der Waals surface area contributed by atoms with E-state index in [1.807, 2.05) is 23.7 Å². The second-order valence-electron chi connectivity index (χ2n) is 4.53. The lowest BCUT2D eigenvalue weighted by Gasteiger charge is -2.01. The van der Waals surface area contributed by atoms with E-state index in [0.717, 1.165) is 11.4 Å². The molecule has 0 saturated heterocycles. The number of rotatable bonds is 5. The number of carbonyl (C=O) groups excluding carboxylic acids is 2. The third-order valence-electron chi connectivity index (χ3n) is 3.16. The van der Waals surface area contributed by atoms with Gasteiger partial charge in [0, 0.05) is 42.5 Å². The van der Waals surface area contributed by atoms with Crippen molar-refractivity contribution in [2.75, 3.05) is 7.11 Å². The van der Waals surface area contributed by atoms with E-state index in [1.54, 1.807) is 36.7 Å². The Bertz CT molecular complexity index is 728. The lowest BCUT2D eigenvalue weighted by Crippen LogP contribution is -1.97. The minimum Gasteiger partial charge on any atom is -0.466 e. The summed E-state index contributed by atoms with van der Waals surface area (Å²) in [5, 5.41) is 0. The molecule has 0 spiro atoms. The van der Waals surface area contributed by atoms with Gasteiger partial charge in [-0.1, -0.05) is 0 Å². The van der Waals surface area contributed by atoms with E-state index in [9.17, 15) is 9.59 Å². The van der Waals surface area contributed by atoms with Crippen LogP contribution >= 0.6 is 0 Å². The summed E-state index contributed by atoms with van der Waals surface area (Å²) >= 11 is 0. The standard InChI is InChI=1S/C17H16N2O3/c1-19-14(3-4-15(19)6-8-17(21)22-2)5-7-16(20)13-9-11-18-12-10-13/h3-12H,1-2H3/b7-5+,8-6+. The van der Waals surface area contributed by atoms with Crippen molar-refractivity contribution in [3.8, 4) is 0 Å². The molecule has 2 aromatic heterocycles. The van der Waals surface area contributed by atoms with Crippen LogP contribution in [0.2, 0.25) is 0 Å². The maximum absolute atomic E-state index is 12.0. The van der Waals surface area contributed by atoms with E-state index in [0.29, 0.717) is 5.56 Å². The minimum atomic E-state index is -0.411. The summed E-state index contributed by atoms with van der Waals surface area (Å²) < 4.78 is 6.42. The molecule has 0 amide bonds. The van der Waals surface area contributed by atoms with Crippen molar-refractivity contribution >= 4 is 23.9 Å². The number of pyridine rings is 1. The van der Waals surface area contributed by atoms with Crippen molar-refractivity contribution in [3.63, 3.8) is 0 Å². The zero-order valence-electron chi connectivity index (χ0n) is 12.4. The van der Waals surface area contributed by atoms with Gasteiger partial charge in [0.15, 0.2) is 5.78 Å². The SMILES string of the molecule is COC(=O)/C=C/c1ccc(/C=C/C(=O)c2ccncc2)n1C. The van der Waals surface area contributed by atoms with Crippen LogP contribution in [0.4, 0.5) is 0 Å². The van der Waals surface area contributed by atoms with Crippen molar-refractivity contribution in [3.05, 3.63) is 65.8 Å². The predicted octanol–water partition coefficient (Wildman–Crippen LogP) is 2.50. The molecule has 0 aliphatic heterocycles. The summed E-state index contributed by atoms with van der Waals surface area (Å²) in [6.45, 7) is 0. The maximum Gasteiger partial charge on any atom is 0.330 e. The first kappa shape index (κ1) is 15.4. The average molecular weight is 296 g/mol. The van der Waals surface area contributed by atoms with Crippen molar-refractivity contribution in [2.24, 2.45) is 7.05 Å². The smallest absolute Gasteiger partial charge is 0.330 e. The average Bonchev–Trinajstić information content (AvgIpc) is 2.91. The predicted molar refractivity (Wildman–Crippen MR) is 84.1 cm³/mol. The first-order chi connectivity index (χ1) is 10.6. The van der Waals surface area contributed by atoms with Gasteiger partial charge in [-0.15, -0.1) is 0 Å². The lowest BCUT2D eigenvalue weighted by atomic mass is 10.1. The summed E-state index contributed by atoms with van der Waals surface area (Å²) in [5.74, 6) is -0.499. The molecular weight excluding hydrogens is 280 g/mol. The van der Waals surface area contributed by atoms with Crippen molar-refractivity contribution in [1.82, 2.24) is 9.55 Å². The summed E-state index contributed by atoms with van der Waals surface area (Å²) in [5.41, 5.74) is 2.28. The topological polar surface area (TPSA) is 61.2 Å². The highest BCUT2D eigenvalue weighted by molar-refractivity contribution is 6.06. The number of hydrogen-bond acceptors (Lipinski definition) is 4. The molecule has 0 aliphatic rings. The summed E-state index contributed by atoms with van der Waals surface area (Å²) in [4.78, 5) is 27.0. The van der Waals surface area contributed by atoms with Gasteiger partial charge in [0.25, 0.3) is 0 Å².